The number of benzene rings is 1. The molecule has 0 spiro atoms. The van der Waals surface area contributed by atoms with Crippen LogP contribution in [0.15, 0.2) is 58.5 Å². The van der Waals surface area contributed by atoms with Crippen molar-refractivity contribution in [2.24, 2.45) is 0 Å². The molecule has 4 nitrogen and oxygen atoms in total. The van der Waals surface area contributed by atoms with Gasteiger partial charge < -0.3 is 9.73 Å². The molecule has 0 atom stereocenters. The van der Waals surface area contributed by atoms with Crippen LogP contribution in [0, 0.1) is 5.82 Å². The highest BCUT2D eigenvalue weighted by Crippen LogP contribution is 2.27. The largest absolute Gasteiger partial charge is 0.465 e. The van der Waals surface area contributed by atoms with Crippen LogP contribution in [0.2, 0.25) is 0 Å². The average molecular weight is 351 g/mol. The Balaban J connectivity index is 1.63. The van der Waals surface area contributed by atoms with E-state index in [-0.39, 0.29) is 5.82 Å². The molecule has 0 fully saturated rings. The van der Waals surface area contributed by atoms with Gasteiger partial charge in [-0.3, -0.25) is 0 Å². The van der Waals surface area contributed by atoms with Crippen LogP contribution in [0.5, 0.6) is 0 Å². The quantitative estimate of drug-likeness (QED) is 0.536. The molecule has 0 radical (unpaired) electrons. The lowest BCUT2D eigenvalue weighted by Crippen LogP contribution is -2.04. The van der Waals surface area contributed by atoms with Crippen molar-refractivity contribution >= 4 is 39.5 Å². The molecule has 3 heterocycles. The summed E-state index contributed by atoms with van der Waals surface area (Å²) in [5, 5.41) is 5.19. The summed E-state index contributed by atoms with van der Waals surface area (Å²) in [6.45, 7) is 0.359. The number of furan rings is 1. The predicted molar refractivity (Wildman–Crippen MR) is 98.8 cm³/mol. The summed E-state index contributed by atoms with van der Waals surface area (Å²) in [5.74, 6) is 1.76. The molecule has 25 heavy (non-hydrogen) atoms. The number of thiophene rings is 1. The van der Waals surface area contributed by atoms with E-state index in [1.54, 1.807) is 35.8 Å². The standard InChI is InChI=1S/C19H14FN3OS/c20-15-6-2-1-4-13(15)12-21-19-18-16(9-11-25-18)22-17(23-19)8-7-14-5-3-10-24-14/h1-11H,12H2,(H,21,22,23)/b8-7+. The van der Waals surface area contributed by atoms with E-state index in [1.165, 1.54) is 6.07 Å². The molecule has 0 bridgehead atoms. The molecule has 0 aliphatic heterocycles. The molecule has 0 unspecified atom stereocenters. The maximum atomic E-state index is 13.8. The monoisotopic (exact) mass is 351 g/mol. The lowest BCUT2D eigenvalue weighted by atomic mass is 10.2. The summed E-state index contributed by atoms with van der Waals surface area (Å²) >= 11 is 1.55. The van der Waals surface area contributed by atoms with Gasteiger partial charge >= 0.3 is 0 Å². The molecule has 0 saturated heterocycles. The molecule has 0 aliphatic rings. The Morgan fingerprint density at radius 1 is 1.08 bits per heavy atom. The van der Waals surface area contributed by atoms with Crippen molar-refractivity contribution in [3.8, 4) is 0 Å². The predicted octanol–water partition coefficient (Wildman–Crippen LogP) is 5.21. The number of hydrogen-bond acceptors (Lipinski definition) is 5. The van der Waals surface area contributed by atoms with Crippen molar-refractivity contribution in [3.05, 3.63) is 77.1 Å². The number of aromatic nitrogens is 2. The van der Waals surface area contributed by atoms with Gasteiger partial charge in [-0.1, -0.05) is 18.2 Å². The number of hydrogen-bond donors (Lipinski definition) is 1. The molecule has 4 rings (SSSR count). The molecule has 3 aromatic heterocycles. The van der Waals surface area contributed by atoms with Crippen LogP contribution < -0.4 is 5.32 Å². The Kier molecular flexibility index (Phi) is 4.26. The summed E-state index contributed by atoms with van der Waals surface area (Å²) in [5.41, 5.74) is 1.45. The van der Waals surface area contributed by atoms with Gasteiger partial charge in [0.05, 0.1) is 16.5 Å². The third-order valence-electron chi connectivity index (χ3n) is 3.66. The molecular weight excluding hydrogens is 337 g/mol. The van der Waals surface area contributed by atoms with E-state index in [2.05, 4.69) is 15.3 Å². The van der Waals surface area contributed by atoms with Crippen LogP contribution in [0.3, 0.4) is 0 Å². The number of nitrogens with zero attached hydrogens (tertiary/aromatic N) is 2. The van der Waals surface area contributed by atoms with Gasteiger partial charge in [0.25, 0.3) is 0 Å². The van der Waals surface area contributed by atoms with Gasteiger partial charge in [0.2, 0.25) is 0 Å². The zero-order valence-corrected chi connectivity index (χ0v) is 14.0. The molecule has 0 aliphatic carbocycles. The van der Waals surface area contributed by atoms with Crippen LogP contribution >= 0.6 is 11.3 Å². The van der Waals surface area contributed by atoms with Crippen LogP contribution in [-0.2, 0) is 6.54 Å². The fraction of sp³-hybridized carbons (Fsp3) is 0.0526. The van der Waals surface area contributed by atoms with E-state index < -0.39 is 0 Å². The van der Waals surface area contributed by atoms with E-state index in [0.29, 0.717) is 23.8 Å². The van der Waals surface area contributed by atoms with Crippen molar-refractivity contribution in [3.63, 3.8) is 0 Å². The molecular formula is C19H14FN3OS. The Morgan fingerprint density at radius 2 is 2.00 bits per heavy atom. The highest BCUT2D eigenvalue weighted by molar-refractivity contribution is 7.17. The van der Waals surface area contributed by atoms with Crippen LogP contribution in [0.1, 0.15) is 17.1 Å². The first kappa shape index (κ1) is 15.5. The number of rotatable bonds is 5. The third-order valence-corrected chi connectivity index (χ3v) is 4.58. The fourth-order valence-electron chi connectivity index (χ4n) is 2.44. The van der Waals surface area contributed by atoms with Gasteiger partial charge in [0.15, 0.2) is 5.82 Å². The molecule has 1 aromatic carbocycles. The van der Waals surface area contributed by atoms with E-state index in [9.17, 15) is 4.39 Å². The van der Waals surface area contributed by atoms with Crippen molar-refractivity contribution in [1.82, 2.24) is 9.97 Å². The lowest BCUT2D eigenvalue weighted by molar-refractivity contribution is 0.557. The normalized spacial score (nSPS) is 11.4. The molecule has 124 valence electrons. The molecule has 1 N–H and O–H groups in total. The van der Waals surface area contributed by atoms with Crippen molar-refractivity contribution < 1.29 is 8.81 Å². The van der Waals surface area contributed by atoms with E-state index in [1.807, 2.05) is 35.7 Å². The number of anilines is 1. The summed E-state index contributed by atoms with van der Waals surface area (Å²) in [7, 11) is 0. The van der Waals surface area contributed by atoms with Crippen molar-refractivity contribution in [1.29, 1.82) is 0 Å². The Morgan fingerprint density at radius 3 is 2.84 bits per heavy atom. The number of fused-ring (bicyclic) bond motifs is 1. The fourth-order valence-corrected chi connectivity index (χ4v) is 3.24. The zero-order chi connectivity index (χ0) is 17.1. The van der Waals surface area contributed by atoms with Crippen LogP contribution in [-0.4, -0.2) is 9.97 Å². The Labute approximate surface area is 147 Å². The maximum Gasteiger partial charge on any atom is 0.155 e. The van der Waals surface area contributed by atoms with Crippen molar-refractivity contribution in [2.75, 3.05) is 5.32 Å². The molecule has 0 saturated carbocycles. The topological polar surface area (TPSA) is 51.0 Å². The second-order valence-corrected chi connectivity index (χ2v) is 6.28. The minimum atomic E-state index is -0.232. The van der Waals surface area contributed by atoms with Crippen LogP contribution in [0.4, 0.5) is 10.2 Å². The first-order chi connectivity index (χ1) is 12.3. The molecule has 4 aromatic rings. The second kappa shape index (κ2) is 6.86. The SMILES string of the molecule is Fc1ccccc1CNc1nc(/C=C/c2ccco2)nc2ccsc12. The number of nitrogens with one attached hydrogen (secondary N) is 1. The second-order valence-electron chi connectivity index (χ2n) is 5.36. The maximum absolute atomic E-state index is 13.8. The van der Waals surface area contributed by atoms with E-state index >= 15 is 0 Å². The molecule has 0 amide bonds. The Bertz CT molecular complexity index is 1020. The first-order valence-corrected chi connectivity index (χ1v) is 8.62. The summed E-state index contributed by atoms with van der Waals surface area (Å²) in [4.78, 5) is 9.08. The van der Waals surface area contributed by atoms with Gasteiger partial charge in [-0.05, 0) is 41.8 Å². The lowest BCUT2D eigenvalue weighted by Gasteiger charge is -2.08. The minimum Gasteiger partial charge on any atom is -0.465 e. The summed E-state index contributed by atoms with van der Waals surface area (Å²) in [6.07, 6.45) is 5.22. The van der Waals surface area contributed by atoms with E-state index in [4.69, 9.17) is 4.42 Å². The number of halogens is 1. The summed E-state index contributed by atoms with van der Waals surface area (Å²) in [6, 6.07) is 12.3. The van der Waals surface area contributed by atoms with Gasteiger partial charge in [0, 0.05) is 12.1 Å². The third kappa shape index (κ3) is 3.44. The highest BCUT2D eigenvalue weighted by Gasteiger charge is 2.09. The Hall–Kier alpha value is -2.99. The molecule has 6 heteroatoms. The minimum absolute atomic E-state index is 0.232. The van der Waals surface area contributed by atoms with Gasteiger partial charge in [-0.2, -0.15) is 0 Å². The van der Waals surface area contributed by atoms with Gasteiger partial charge in [-0.25, -0.2) is 14.4 Å². The van der Waals surface area contributed by atoms with Crippen LogP contribution in [0.25, 0.3) is 22.4 Å². The summed E-state index contributed by atoms with van der Waals surface area (Å²) < 4.78 is 20.0. The van der Waals surface area contributed by atoms with Crippen molar-refractivity contribution in [2.45, 2.75) is 6.54 Å². The first-order valence-electron chi connectivity index (χ1n) is 7.74. The van der Waals surface area contributed by atoms with Gasteiger partial charge in [0.1, 0.15) is 17.4 Å². The average Bonchev–Trinajstić information content (AvgIpc) is 3.30. The van der Waals surface area contributed by atoms with E-state index in [0.717, 1.165) is 16.0 Å². The highest BCUT2D eigenvalue weighted by atomic mass is 32.1. The zero-order valence-electron chi connectivity index (χ0n) is 13.1. The van der Waals surface area contributed by atoms with Gasteiger partial charge in [-0.15, -0.1) is 11.3 Å². The smallest absolute Gasteiger partial charge is 0.155 e.